The van der Waals surface area contributed by atoms with Crippen LogP contribution in [0.15, 0.2) is 6.33 Å². The predicted molar refractivity (Wildman–Crippen MR) is 55.7 cm³/mol. The van der Waals surface area contributed by atoms with E-state index in [-0.39, 0.29) is 11.3 Å². The Hall–Kier alpha value is -1.65. The van der Waals surface area contributed by atoms with Crippen LogP contribution in [0.3, 0.4) is 0 Å². The lowest BCUT2D eigenvalue weighted by atomic mass is 9.73. The molecule has 0 saturated carbocycles. The molecule has 2 aliphatic rings. The van der Waals surface area contributed by atoms with Gasteiger partial charge in [0.05, 0.1) is 0 Å². The van der Waals surface area contributed by atoms with Crippen molar-refractivity contribution in [2.45, 2.75) is 25.2 Å². The molecule has 1 amide bonds. The van der Waals surface area contributed by atoms with Crippen LogP contribution < -0.4 is 10.6 Å². The molecule has 3 heterocycles. The fourth-order valence-electron chi connectivity index (χ4n) is 2.48. The second-order valence-electron chi connectivity index (χ2n) is 4.41. The standard InChI is InChI=1S/C10H12N4O/c1-10-2-3-11-8-7(10)9(13-5-12-8)14-6(15)4-10/h5H,2-4H2,1H3,(H2,11,12,13,14,15). The second-order valence-corrected chi connectivity index (χ2v) is 4.41. The first-order valence-electron chi connectivity index (χ1n) is 5.08. The van der Waals surface area contributed by atoms with Gasteiger partial charge in [-0.1, -0.05) is 6.92 Å². The van der Waals surface area contributed by atoms with Gasteiger partial charge >= 0.3 is 0 Å². The molecule has 15 heavy (non-hydrogen) atoms. The zero-order valence-electron chi connectivity index (χ0n) is 8.50. The average Bonchev–Trinajstić information content (AvgIpc) is 2.16. The molecule has 2 N–H and O–H groups in total. The average molecular weight is 204 g/mol. The maximum Gasteiger partial charge on any atom is 0.226 e. The van der Waals surface area contributed by atoms with Crippen LogP contribution in [-0.4, -0.2) is 22.4 Å². The monoisotopic (exact) mass is 204 g/mol. The van der Waals surface area contributed by atoms with Crippen molar-refractivity contribution in [3.05, 3.63) is 11.9 Å². The van der Waals surface area contributed by atoms with Crippen molar-refractivity contribution in [2.75, 3.05) is 17.2 Å². The molecule has 0 fully saturated rings. The summed E-state index contributed by atoms with van der Waals surface area (Å²) in [5.41, 5.74) is 0.968. The lowest BCUT2D eigenvalue weighted by Crippen LogP contribution is -2.40. The smallest absolute Gasteiger partial charge is 0.226 e. The molecular formula is C10H12N4O. The van der Waals surface area contributed by atoms with E-state index in [1.807, 2.05) is 0 Å². The highest BCUT2D eigenvalue weighted by atomic mass is 16.1. The fourth-order valence-corrected chi connectivity index (χ4v) is 2.48. The number of carbonyl (C=O) groups excluding carboxylic acids is 1. The van der Waals surface area contributed by atoms with Gasteiger partial charge in [0.25, 0.3) is 0 Å². The van der Waals surface area contributed by atoms with Gasteiger partial charge < -0.3 is 10.6 Å². The second kappa shape index (κ2) is 2.68. The molecule has 1 aromatic heterocycles. The number of hydrogen-bond donors (Lipinski definition) is 2. The molecule has 1 atom stereocenters. The van der Waals surface area contributed by atoms with E-state index in [1.165, 1.54) is 6.33 Å². The Labute approximate surface area is 87.3 Å². The number of hydrogen-bond acceptors (Lipinski definition) is 4. The Balaban J connectivity index is 2.26. The summed E-state index contributed by atoms with van der Waals surface area (Å²) in [6.45, 7) is 2.98. The van der Waals surface area contributed by atoms with Crippen molar-refractivity contribution in [3.8, 4) is 0 Å². The van der Waals surface area contributed by atoms with Crippen LogP contribution in [0.1, 0.15) is 25.3 Å². The van der Waals surface area contributed by atoms with Gasteiger partial charge in [-0.3, -0.25) is 4.79 Å². The molecule has 0 bridgehead atoms. The van der Waals surface area contributed by atoms with Crippen LogP contribution in [0.5, 0.6) is 0 Å². The van der Waals surface area contributed by atoms with Gasteiger partial charge in [-0.2, -0.15) is 0 Å². The summed E-state index contributed by atoms with van der Waals surface area (Å²) in [5, 5.41) is 6.03. The first-order chi connectivity index (χ1) is 7.19. The Morgan fingerprint density at radius 2 is 2.20 bits per heavy atom. The van der Waals surface area contributed by atoms with Crippen LogP contribution in [0, 0.1) is 0 Å². The lowest BCUT2D eigenvalue weighted by molar-refractivity contribution is -0.117. The molecule has 0 aromatic carbocycles. The van der Waals surface area contributed by atoms with Crippen molar-refractivity contribution in [2.24, 2.45) is 0 Å². The van der Waals surface area contributed by atoms with Gasteiger partial charge in [0.15, 0.2) is 0 Å². The van der Waals surface area contributed by atoms with Crippen LogP contribution in [0.2, 0.25) is 0 Å². The van der Waals surface area contributed by atoms with Crippen LogP contribution in [-0.2, 0) is 10.2 Å². The molecule has 1 unspecified atom stereocenters. The van der Waals surface area contributed by atoms with Gasteiger partial charge in [-0.15, -0.1) is 0 Å². The Bertz CT molecular complexity index is 445. The number of rotatable bonds is 0. The molecule has 5 heteroatoms. The van der Waals surface area contributed by atoms with E-state index in [4.69, 9.17) is 0 Å². The molecule has 0 aliphatic carbocycles. The largest absolute Gasteiger partial charge is 0.370 e. The van der Waals surface area contributed by atoms with E-state index >= 15 is 0 Å². The summed E-state index contributed by atoms with van der Waals surface area (Å²) in [6, 6.07) is 0. The first-order valence-corrected chi connectivity index (χ1v) is 5.08. The SMILES string of the molecule is CC12CCNc3ncnc(c31)NC(=O)C2. The predicted octanol–water partition coefficient (Wildman–Crippen LogP) is 0.892. The Morgan fingerprint density at radius 1 is 1.40 bits per heavy atom. The van der Waals surface area contributed by atoms with Crippen LogP contribution in [0.4, 0.5) is 11.6 Å². The van der Waals surface area contributed by atoms with Gasteiger partial charge in [0.2, 0.25) is 5.91 Å². The first kappa shape index (κ1) is 8.64. The van der Waals surface area contributed by atoms with Gasteiger partial charge in [-0.25, -0.2) is 9.97 Å². The Kier molecular flexibility index (Phi) is 1.55. The minimum absolute atomic E-state index is 0.0524. The number of anilines is 2. The molecule has 0 saturated heterocycles. The number of carbonyl (C=O) groups is 1. The number of nitrogens with one attached hydrogen (secondary N) is 2. The van der Waals surface area contributed by atoms with E-state index in [1.54, 1.807) is 0 Å². The zero-order chi connectivity index (χ0) is 10.5. The number of nitrogens with zero attached hydrogens (tertiary/aromatic N) is 2. The molecule has 2 aliphatic heterocycles. The molecule has 0 radical (unpaired) electrons. The summed E-state index contributed by atoms with van der Waals surface area (Å²) in [7, 11) is 0. The van der Waals surface area contributed by atoms with Crippen molar-refractivity contribution in [1.82, 2.24) is 9.97 Å². The van der Waals surface area contributed by atoms with Gasteiger partial charge in [0.1, 0.15) is 18.0 Å². The minimum atomic E-state index is -0.0977. The van der Waals surface area contributed by atoms with E-state index in [9.17, 15) is 4.79 Å². The van der Waals surface area contributed by atoms with Crippen molar-refractivity contribution in [3.63, 3.8) is 0 Å². The normalized spacial score (nSPS) is 27.7. The summed E-state index contributed by atoms with van der Waals surface area (Å²) >= 11 is 0. The highest BCUT2D eigenvalue weighted by Gasteiger charge is 2.41. The van der Waals surface area contributed by atoms with Crippen LogP contribution >= 0.6 is 0 Å². The molecule has 78 valence electrons. The highest BCUT2D eigenvalue weighted by Crippen LogP contribution is 2.44. The highest BCUT2D eigenvalue weighted by molar-refractivity contribution is 5.95. The van der Waals surface area contributed by atoms with E-state index in [2.05, 4.69) is 27.5 Å². The van der Waals surface area contributed by atoms with Crippen molar-refractivity contribution >= 4 is 17.5 Å². The maximum absolute atomic E-state index is 11.5. The third-order valence-electron chi connectivity index (χ3n) is 3.23. The lowest BCUT2D eigenvalue weighted by Gasteiger charge is -2.39. The Morgan fingerprint density at radius 3 is 3.07 bits per heavy atom. The molecule has 3 rings (SSSR count). The number of amides is 1. The zero-order valence-corrected chi connectivity index (χ0v) is 8.50. The van der Waals surface area contributed by atoms with Crippen molar-refractivity contribution < 1.29 is 4.79 Å². The molecule has 0 spiro atoms. The summed E-state index contributed by atoms with van der Waals surface area (Å²) in [6.07, 6.45) is 2.97. The fraction of sp³-hybridized carbons (Fsp3) is 0.500. The molecule has 5 nitrogen and oxygen atoms in total. The minimum Gasteiger partial charge on any atom is -0.370 e. The summed E-state index contributed by atoms with van der Waals surface area (Å²) < 4.78 is 0. The van der Waals surface area contributed by atoms with Gasteiger partial charge in [-0.05, 0) is 6.42 Å². The van der Waals surface area contributed by atoms with E-state index in [0.29, 0.717) is 12.2 Å². The van der Waals surface area contributed by atoms with E-state index in [0.717, 1.165) is 24.3 Å². The molecule has 1 aromatic rings. The quantitative estimate of drug-likeness (QED) is 0.658. The third kappa shape index (κ3) is 1.12. The van der Waals surface area contributed by atoms with Crippen LogP contribution in [0.25, 0.3) is 0 Å². The van der Waals surface area contributed by atoms with Gasteiger partial charge in [0, 0.05) is 23.9 Å². The number of aromatic nitrogens is 2. The van der Waals surface area contributed by atoms with Crippen molar-refractivity contribution in [1.29, 1.82) is 0 Å². The maximum atomic E-state index is 11.5. The summed E-state index contributed by atoms with van der Waals surface area (Å²) in [5.74, 6) is 1.59. The third-order valence-corrected chi connectivity index (χ3v) is 3.23. The summed E-state index contributed by atoms with van der Waals surface area (Å²) in [4.78, 5) is 19.9. The molecular weight excluding hydrogens is 192 g/mol. The van der Waals surface area contributed by atoms with E-state index < -0.39 is 0 Å². The topological polar surface area (TPSA) is 66.9 Å².